The summed E-state index contributed by atoms with van der Waals surface area (Å²) in [6.45, 7) is 8.59. The Balaban J connectivity index is 3.20. The zero-order valence-electron chi connectivity index (χ0n) is 9.73. The number of amides is 1. The Hall–Kier alpha value is -0.570. The van der Waals surface area contributed by atoms with Crippen LogP contribution in [0.1, 0.15) is 40.0 Å². The minimum absolute atomic E-state index is 0.113. The summed E-state index contributed by atoms with van der Waals surface area (Å²) in [4.78, 5) is 11.2. The van der Waals surface area contributed by atoms with E-state index >= 15 is 0 Å². The highest BCUT2D eigenvalue weighted by Crippen LogP contribution is 1.90. The predicted octanol–water partition coefficient (Wildman–Crippen LogP) is 1.54. The second kappa shape index (κ2) is 9.00. The van der Waals surface area contributed by atoms with Gasteiger partial charge < -0.3 is 10.6 Å². The van der Waals surface area contributed by atoms with Crippen LogP contribution in [0.5, 0.6) is 0 Å². The van der Waals surface area contributed by atoms with E-state index in [4.69, 9.17) is 0 Å². The number of unbranched alkanes of at least 4 members (excludes halogenated alkanes) is 2. The highest BCUT2D eigenvalue weighted by molar-refractivity contribution is 5.77. The molecule has 2 N–H and O–H groups in total. The van der Waals surface area contributed by atoms with Crippen LogP contribution in [0.25, 0.3) is 0 Å². The second-order valence-electron chi connectivity index (χ2n) is 4.08. The maximum absolute atomic E-state index is 11.2. The zero-order chi connectivity index (χ0) is 10.8. The molecule has 0 heterocycles. The molecule has 1 amide bonds. The lowest BCUT2D eigenvalue weighted by Crippen LogP contribution is -2.35. The van der Waals surface area contributed by atoms with Gasteiger partial charge in [-0.3, -0.25) is 4.79 Å². The van der Waals surface area contributed by atoms with Crippen molar-refractivity contribution in [2.45, 2.75) is 40.0 Å². The van der Waals surface area contributed by atoms with Crippen LogP contribution < -0.4 is 10.6 Å². The van der Waals surface area contributed by atoms with Gasteiger partial charge in [0.25, 0.3) is 0 Å². The number of carbonyl (C=O) groups excluding carboxylic acids is 1. The summed E-state index contributed by atoms with van der Waals surface area (Å²) in [5, 5.41) is 6.00. The van der Waals surface area contributed by atoms with Crippen LogP contribution in [0.2, 0.25) is 0 Å². The van der Waals surface area contributed by atoms with Crippen molar-refractivity contribution >= 4 is 5.91 Å². The first kappa shape index (κ1) is 13.4. The van der Waals surface area contributed by atoms with Crippen LogP contribution in [0.4, 0.5) is 0 Å². The molecule has 0 radical (unpaired) electrons. The lowest BCUT2D eigenvalue weighted by molar-refractivity contribution is -0.120. The summed E-state index contributed by atoms with van der Waals surface area (Å²) in [6, 6.07) is 0. The Kier molecular flexibility index (Phi) is 8.64. The van der Waals surface area contributed by atoms with Gasteiger partial charge in [0.15, 0.2) is 0 Å². The van der Waals surface area contributed by atoms with Crippen molar-refractivity contribution in [1.82, 2.24) is 10.6 Å². The molecule has 84 valence electrons. The number of rotatable bonds is 8. The fraction of sp³-hybridized carbons (Fsp3) is 0.909. The molecule has 0 saturated heterocycles. The largest absolute Gasteiger partial charge is 0.355 e. The van der Waals surface area contributed by atoms with E-state index in [-0.39, 0.29) is 5.91 Å². The first-order valence-electron chi connectivity index (χ1n) is 5.64. The Morgan fingerprint density at radius 2 is 2.00 bits per heavy atom. The Bertz CT molecular complexity index is 146. The molecule has 0 unspecified atom stereocenters. The maximum Gasteiger partial charge on any atom is 0.233 e. The fourth-order valence-electron chi connectivity index (χ4n) is 1.14. The van der Waals surface area contributed by atoms with Gasteiger partial charge in [-0.1, -0.05) is 33.6 Å². The lowest BCUT2D eigenvalue weighted by atomic mass is 10.2. The molecule has 3 nitrogen and oxygen atoms in total. The van der Waals surface area contributed by atoms with Crippen molar-refractivity contribution < 1.29 is 4.79 Å². The third kappa shape index (κ3) is 9.52. The summed E-state index contributed by atoms with van der Waals surface area (Å²) < 4.78 is 0. The average Bonchev–Trinajstić information content (AvgIpc) is 2.12. The Labute approximate surface area is 87.6 Å². The van der Waals surface area contributed by atoms with Crippen molar-refractivity contribution in [3.63, 3.8) is 0 Å². The quantitative estimate of drug-likeness (QED) is 0.584. The van der Waals surface area contributed by atoms with Gasteiger partial charge in [-0.15, -0.1) is 0 Å². The monoisotopic (exact) mass is 200 g/mol. The van der Waals surface area contributed by atoms with E-state index in [1.807, 2.05) is 0 Å². The fourth-order valence-corrected chi connectivity index (χ4v) is 1.14. The predicted molar refractivity (Wildman–Crippen MR) is 60.2 cm³/mol. The van der Waals surface area contributed by atoms with E-state index in [1.165, 1.54) is 12.8 Å². The number of hydrogen-bond acceptors (Lipinski definition) is 2. The van der Waals surface area contributed by atoms with Gasteiger partial charge in [0.1, 0.15) is 0 Å². The van der Waals surface area contributed by atoms with Crippen LogP contribution in [0, 0.1) is 5.92 Å². The van der Waals surface area contributed by atoms with E-state index in [0.29, 0.717) is 12.5 Å². The summed E-state index contributed by atoms with van der Waals surface area (Å²) in [6.07, 6.45) is 3.48. The van der Waals surface area contributed by atoms with Crippen molar-refractivity contribution in [2.24, 2.45) is 5.92 Å². The topological polar surface area (TPSA) is 41.1 Å². The van der Waals surface area contributed by atoms with Gasteiger partial charge in [0.05, 0.1) is 6.54 Å². The molecule has 0 aliphatic rings. The molecule has 0 atom stereocenters. The molecule has 0 bridgehead atoms. The molecular weight excluding hydrogens is 176 g/mol. The molecule has 0 saturated carbocycles. The van der Waals surface area contributed by atoms with Crippen LogP contribution in [-0.2, 0) is 4.79 Å². The average molecular weight is 200 g/mol. The summed E-state index contributed by atoms with van der Waals surface area (Å²) in [5.74, 6) is 0.713. The first-order valence-corrected chi connectivity index (χ1v) is 5.64. The van der Waals surface area contributed by atoms with Crippen LogP contribution in [0.3, 0.4) is 0 Å². The van der Waals surface area contributed by atoms with Gasteiger partial charge in [0.2, 0.25) is 5.91 Å². The molecular formula is C11H24N2O. The third-order valence-corrected chi connectivity index (χ3v) is 1.94. The Morgan fingerprint density at radius 1 is 1.29 bits per heavy atom. The lowest BCUT2D eigenvalue weighted by Gasteiger charge is -2.07. The number of hydrogen-bond donors (Lipinski definition) is 2. The first-order chi connectivity index (χ1) is 6.66. The molecule has 0 rings (SSSR count). The summed E-state index contributed by atoms with van der Waals surface area (Å²) >= 11 is 0. The van der Waals surface area contributed by atoms with Crippen LogP contribution in [-0.4, -0.2) is 25.5 Å². The van der Waals surface area contributed by atoms with E-state index in [2.05, 4.69) is 31.4 Å². The molecule has 0 spiro atoms. The molecule has 0 fully saturated rings. The van der Waals surface area contributed by atoms with Crippen molar-refractivity contribution in [1.29, 1.82) is 0 Å². The standard InChI is InChI=1S/C11H24N2O/c1-4-5-6-7-13-11(14)9-12-8-10(2)3/h10,12H,4-9H2,1-3H3,(H,13,14). The summed E-state index contributed by atoms with van der Waals surface area (Å²) in [7, 11) is 0. The summed E-state index contributed by atoms with van der Waals surface area (Å²) in [5.41, 5.74) is 0. The maximum atomic E-state index is 11.2. The SMILES string of the molecule is CCCCCNC(=O)CNCC(C)C. The molecule has 0 aromatic heterocycles. The van der Waals surface area contributed by atoms with E-state index < -0.39 is 0 Å². The molecule has 0 aliphatic heterocycles. The van der Waals surface area contributed by atoms with Gasteiger partial charge in [0, 0.05) is 6.54 Å². The third-order valence-electron chi connectivity index (χ3n) is 1.94. The Morgan fingerprint density at radius 3 is 2.57 bits per heavy atom. The van der Waals surface area contributed by atoms with Crippen molar-refractivity contribution in [3.05, 3.63) is 0 Å². The molecule has 3 heteroatoms. The number of nitrogens with one attached hydrogen (secondary N) is 2. The zero-order valence-corrected chi connectivity index (χ0v) is 9.73. The normalized spacial score (nSPS) is 10.6. The minimum atomic E-state index is 0.113. The highest BCUT2D eigenvalue weighted by atomic mass is 16.1. The van der Waals surface area contributed by atoms with Gasteiger partial charge in [-0.05, 0) is 18.9 Å². The minimum Gasteiger partial charge on any atom is -0.355 e. The molecule has 14 heavy (non-hydrogen) atoms. The van der Waals surface area contributed by atoms with Gasteiger partial charge >= 0.3 is 0 Å². The van der Waals surface area contributed by atoms with Gasteiger partial charge in [-0.2, -0.15) is 0 Å². The van der Waals surface area contributed by atoms with E-state index in [9.17, 15) is 4.79 Å². The van der Waals surface area contributed by atoms with Crippen LogP contribution in [0.15, 0.2) is 0 Å². The van der Waals surface area contributed by atoms with E-state index in [0.717, 1.165) is 19.5 Å². The van der Waals surface area contributed by atoms with E-state index in [1.54, 1.807) is 0 Å². The van der Waals surface area contributed by atoms with Gasteiger partial charge in [-0.25, -0.2) is 0 Å². The van der Waals surface area contributed by atoms with Crippen LogP contribution >= 0.6 is 0 Å². The number of carbonyl (C=O) groups is 1. The molecule has 0 aromatic carbocycles. The smallest absolute Gasteiger partial charge is 0.233 e. The van der Waals surface area contributed by atoms with Crippen molar-refractivity contribution in [3.8, 4) is 0 Å². The van der Waals surface area contributed by atoms with Crippen molar-refractivity contribution in [2.75, 3.05) is 19.6 Å². The highest BCUT2D eigenvalue weighted by Gasteiger charge is 1.99. The second-order valence-corrected chi connectivity index (χ2v) is 4.08. The molecule has 0 aromatic rings. The molecule has 0 aliphatic carbocycles.